The zero-order valence-electron chi connectivity index (χ0n) is 12.7. The van der Waals surface area contributed by atoms with E-state index in [0.717, 1.165) is 10.1 Å². The molecule has 1 aromatic heterocycles. The van der Waals surface area contributed by atoms with Gasteiger partial charge in [-0.05, 0) is 30.4 Å². The lowest BCUT2D eigenvalue weighted by molar-refractivity contribution is 0.0938. The number of amides is 2. The molecule has 3 rings (SSSR count). The molecule has 0 aliphatic carbocycles. The lowest BCUT2D eigenvalue weighted by atomic mass is 10.2. The summed E-state index contributed by atoms with van der Waals surface area (Å²) in [6, 6.07) is 16.1. The number of nitrogens with one attached hydrogen (secondary N) is 3. The molecule has 0 saturated heterocycles. The van der Waals surface area contributed by atoms with Crippen molar-refractivity contribution in [1.82, 2.24) is 16.2 Å². The molecule has 0 atom stereocenters. The molecule has 0 fully saturated rings. The molecule has 3 aromatic rings. The maximum atomic E-state index is 12.3. The van der Waals surface area contributed by atoms with Gasteiger partial charge >= 0.3 is 0 Å². The summed E-state index contributed by atoms with van der Waals surface area (Å²) in [7, 11) is 0. The predicted octanol–water partition coefficient (Wildman–Crippen LogP) is 3.50. The van der Waals surface area contributed by atoms with Crippen LogP contribution in [0.4, 0.5) is 0 Å². The molecule has 2 amide bonds. The highest BCUT2D eigenvalue weighted by Gasteiger charge is 2.17. The first-order chi connectivity index (χ1) is 12.1. The summed E-state index contributed by atoms with van der Waals surface area (Å²) < 4.78 is 0.914. The number of fused-ring (bicyclic) bond motifs is 1. The number of thiophene rings is 1. The van der Waals surface area contributed by atoms with Crippen LogP contribution in [0.5, 0.6) is 0 Å². The topological polar surface area (TPSA) is 70.2 Å². The van der Waals surface area contributed by atoms with Gasteiger partial charge in [-0.25, -0.2) is 0 Å². The van der Waals surface area contributed by atoms with E-state index in [1.807, 2.05) is 30.3 Å². The van der Waals surface area contributed by atoms with E-state index in [0.29, 0.717) is 15.5 Å². The van der Waals surface area contributed by atoms with Crippen LogP contribution in [0.15, 0.2) is 54.6 Å². The Kier molecular flexibility index (Phi) is 5.28. The summed E-state index contributed by atoms with van der Waals surface area (Å²) in [5.74, 6) is -0.797. The fourth-order valence-corrected chi connectivity index (χ4v) is 3.68. The molecule has 2 aromatic carbocycles. The SMILES string of the molecule is O=C(NC(=S)NNC(=O)c1sc2ccccc2c1Cl)c1ccccc1. The second kappa shape index (κ2) is 7.60. The highest BCUT2D eigenvalue weighted by molar-refractivity contribution is 7.80. The van der Waals surface area contributed by atoms with E-state index in [2.05, 4.69) is 16.2 Å². The first-order valence-corrected chi connectivity index (χ1v) is 8.80. The molecule has 0 unspecified atom stereocenters. The first-order valence-electron chi connectivity index (χ1n) is 7.20. The van der Waals surface area contributed by atoms with Gasteiger partial charge in [0.1, 0.15) is 4.88 Å². The zero-order valence-corrected chi connectivity index (χ0v) is 15.1. The fraction of sp³-hybridized carbons (Fsp3) is 0. The second-order valence-electron chi connectivity index (χ2n) is 4.97. The highest BCUT2D eigenvalue weighted by Crippen LogP contribution is 2.34. The van der Waals surface area contributed by atoms with Gasteiger partial charge in [-0.2, -0.15) is 0 Å². The minimum Gasteiger partial charge on any atom is -0.298 e. The maximum Gasteiger partial charge on any atom is 0.281 e. The number of carbonyl (C=O) groups excluding carboxylic acids is 2. The summed E-state index contributed by atoms with van der Waals surface area (Å²) >= 11 is 12.5. The summed E-state index contributed by atoms with van der Waals surface area (Å²) in [6.07, 6.45) is 0. The lowest BCUT2D eigenvalue weighted by Crippen LogP contribution is -2.48. The van der Waals surface area contributed by atoms with Crippen molar-refractivity contribution in [3.8, 4) is 0 Å². The number of thiocarbonyl (C=S) groups is 1. The van der Waals surface area contributed by atoms with Gasteiger partial charge < -0.3 is 0 Å². The van der Waals surface area contributed by atoms with Crippen LogP contribution in [0.3, 0.4) is 0 Å². The third-order valence-corrected chi connectivity index (χ3v) is 5.17. The van der Waals surface area contributed by atoms with Crippen molar-refractivity contribution in [2.75, 3.05) is 0 Å². The predicted molar refractivity (Wildman–Crippen MR) is 104 cm³/mol. The average molecular weight is 390 g/mol. The van der Waals surface area contributed by atoms with Crippen LogP contribution in [0.1, 0.15) is 20.0 Å². The molecule has 0 aliphatic heterocycles. The van der Waals surface area contributed by atoms with E-state index in [9.17, 15) is 9.59 Å². The molecule has 5 nitrogen and oxygen atoms in total. The zero-order chi connectivity index (χ0) is 17.8. The Balaban J connectivity index is 1.61. The lowest BCUT2D eigenvalue weighted by Gasteiger charge is -2.10. The van der Waals surface area contributed by atoms with Gasteiger partial charge in [-0.15, -0.1) is 11.3 Å². The van der Waals surface area contributed by atoms with Crippen LogP contribution < -0.4 is 16.2 Å². The average Bonchev–Trinajstić information content (AvgIpc) is 2.97. The summed E-state index contributed by atoms with van der Waals surface area (Å²) in [4.78, 5) is 24.6. The van der Waals surface area contributed by atoms with Crippen molar-refractivity contribution in [2.45, 2.75) is 0 Å². The molecule has 0 saturated carbocycles. The molecule has 0 bridgehead atoms. The Bertz CT molecular complexity index is 957. The van der Waals surface area contributed by atoms with Gasteiger partial charge in [0.25, 0.3) is 11.8 Å². The maximum absolute atomic E-state index is 12.3. The molecular formula is C17H12ClN3O2S2. The minimum atomic E-state index is -0.428. The Morgan fingerprint density at radius 3 is 2.32 bits per heavy atom. The Morgan fingerprint density at radius 2 is 1.60 bits per heavy atom. The van der Waals surface area contributed by atoms with Gasteiger partial charge in [0.05, 0.1) is 5.02 Å². The Morgan fingerprint density at radius 1 is 0.920 bits per heavy atom. The van der Waals surface area contributed by atoms with E-state index in [-0.39, 0.29) is 11.0 Å². The van der Waals surface area contributed by atoms with Crippen LogP contribution in [0.2, 0.25) is 5.02 Å². The third kappa shape index (κ3) is 3.96. The Hall–Kier alpha value is -2.48. The van der Waals surface area contributed by atoms with Crippen molar-refractivity contribution in [3.63, 3.8) is 0 Å². The number of carbonyl (C=O) groups is 2. The summed E-state index contributed by atoms with van der Waals surface area (Å²) in [5.41, 5.74) is 5.40. The van der Waals surface area contributed by atoms with Gasteiger partial charge in [-0.1, -0.05) is 48.0 Å². The molecule has 1 heterocycles. The van der Waals surface area contributed by atoms with Gasteiger partial charge in [-0.3, -0.25) is 25.8 Å². The van der Waals surface area contributed by atoms with Crippen molar-refractivity contribution in [1.29, 1.82) is 0 Å². The normalized spacial score (nSPS) is 10.3. The molecule has 0 radical (unpaired) electrons. The van der Waals surface area contributed by atoms with Crippen molar-refractivity contribution in [2.24, 2.45) is 0 Å². The molecular weight excluding hydrogens is 378 g/mol. The van der Waals surface area contributed by atoms with Crippen LogP contribution in [0, 0.1) is 0 Å². The number of hydrogen-bond acceptors (Lipinski definition) is 4. The Labute approximate surface area is 158 Å². The number of rotatable bonds is 2. The standard InChI is InChI=1S/C17H12ClN3O2S2/c18-13-11-8-4-5-9-12(11)25-14(13)16(23)20-21-17(24)19-15(22)10-6-2-1-3-7-10/h1-9H,(H,20,23)(H2,19,21,22,24). The van der Waals surface area contributed by atoms with Crippen LogP contribution in [0.25, 0.3) is 10.1 Å². The monoisotopic (exact) mass is 389 g/mol. The largest absolute Gasteiger partial charge is 0.298 e. The molecule has 126 valence electrons. The van der Waals surface area contributed by atoms with E-state index < -0.39 is 5.91 Å². The number of halogens is 1. The van der Waals surface area contributed by atoms with Crippen LogP contribution in [-0.2, 0) is 0 Å². The number of hydrazine groups is 1. The van der Waals surface area contributed by atoms with Crippen LogP contribution in [-0.4, -0.2) is 16.9 Å². The van der Waals surface area contributed by atoms with Crippen molar-refractivity contribution in [3.05, 3.63) is 70.1 Å². The smallest absolute Gasteiger partial charge is 0.281 e. The number of hydrogen-bond donors (Lipinski definition) is 3. The molecule has 0 spiro atoms. The van der Waals surface area contributed by atoms with E-state index >= 15 is 0 Å². The van der Waals surface area contributed by atoms with E-state index in [4.69, 9.17) is 23.8 Å². The van der Waals surface area contributed by atoms with Gasteiger partial charge in [0.2, 0.25) is 0 Å². The minimum absolute atomic E-state index is 0.0144. The van der Waals surface area contributed by atoms with Crippen LogP contribution >= 0.6 is 35.2 Å². The molecule has 3 N–H and O–H groups in total. The second-order valence-corrected chi connectivity index (χ2v) is 6.81. The van der Waals surface area contributed by atoms with Gasteiger partial charge in [0, 0.05) is 15.6 Å². The summed E-state index contributed by atoms with van der Waals surface area (Å²) in [5, 5.41) is 3.67. The van der Waals surface area contributed by atoms with Crippen molar-refractivity contribution < 1.29 is 9.59 Å². The highest BCUT2D eigenvalue weighted by atomic mass is 35.5. The van der Waals surface area contributed by atoms with E-state index in [1.165, 1.54) is 11.3 Å². The third-order valence-electron chi connectivity index (χ3n) is 3.29. The fourth-order valence-electron chi connectivity index (χ4n) is 2.13. The number of benzene rings is 2. The first kappa shape index (κ1) is 17.3. The molecule has 25 heavy (non-hydrogen) atoms. The quantitative estimate of drug-likeness (QED) is 0.463. The van der Waals surface area contributed by atoms with Crippen molar-refractivity contribution >= 4 is 62.2 Å². The van der Waals surface area contributed by atoms with E-state index in [1.54, 1.807) is 24.3 Å². The van der Waals surface area contributed by atoms with Gasteiger partial charge in [0.15, 0.2) is 5.11 Å². The summed E-state index contributed by atoms with van der Waals surface area (Å²) in [6.45, 7) is 0. The molecule has 8 heteroatoms. The molecule has 0 aliphatic rings.